The molecule has 17 heavy (non-hydrogen) atoms. The first-order valence-corrected chi connectivity index (χ1v) is 5.89. The number of urea groups is 1. The van der Waals surface area contributed by atoms with Crippen molar-refractivity contribution in [3.05, 3.63) is 0 Å². The second-order valence-electron chi connectivity index (χ2n) is 4.62. The summed E-state index contributed by atoms with van der Waals surface area (Å²) in [5.41, 5.74) is -0.693. The minimum absolute atomic E-state index is 0.200. The van der Waals surface area contributed by atoms with E-state index in [0.29, 0.717) is 19.4 Å². The van der Waals surface area contributed by atoms with Crippen LogP contribution in [-0.4, -0.2) is 55.7 Å². The van der Waals surface area contributed by atoms with Gasteiger partial charge in [-0.3, -0.25) is 4.79 Å². The van der Waals surface area contributed by atoms with Crippen LogP contribution in [0.15, 0.2) is 0 Å². The van der Waals surface area contributed by atoms with Crippen LogP contribution in [0, 0.1) is 5.41 Å². The van der Waals surface area contributed by atoms with Gasteiger partial charge in [-0.25, -0.2) is 4.79 Å². The van der Waals surface area contributed by atoms with Crippen LogP contribution in [0.3, 0.4) is 0 Å². The molecule has 1 aliphatic rings. The predicted molar refractivity (Wildman–Crippen MR) is 63.9 cm³/mol. The number of carboxylic acids is 1. The molecule has 0 unspecified atom stereocenters. The van der Waals surface area contributed by atoms with E-state index < -0.39 is 11.4 Å². The third kappa shape index (κ3) is 3.89. The molecule has 0 atom stereocenters. The predicted octanol–water partition coefficient (Wildman–Crippen LogP) is 0.102. The molecular formula is C11H21N3O3. The average Bonchev–Trinajstić information content (AvgIpc) is 3.07. The summed E-state index contributed by atoms with van der Waals surface area (Å²) in [6.07, 6.45) is 2.20. The van der Waals surface area contributed by atoms with Crippen molar-refractivity contribution in [1.29, 1.82) is 0 Å². The molecule has 6 heteroatoms. The first-order chi connectivity index (χ1) is 8.02. The van der Waals surface area contributed by atoms with Crippen LogP contribution >= 0.6 is 0 Å². The number of carboxylic acid groups (broad SMARTS) is 1. The lowest BCUT2D eigenvalue weighted by Crippen LogP contribution is -2.42. The highest BCUT2D eigenvalue weighted by Gasteiger charge is 2.50. The number of amides is 2. The van der Waals surface area contributed by atoms with Crippen molar-refractivity contribution in [2.24, 2.45) is 5.41 Å². The van der Waals surface area contributed by atoms with E-state index in [0.717, 1.165) is 13.0 Å². The lowest BCUT2D eigenvalue weighted by Gasteiger charge is -2.19. The van der Waals surface area contributed by atoms with Gasteiger partial charge in [0.1, 0.15) is 0 Å². The first-order valence-electron chi connectivity index (χ1n) is 5.89. The molecule has 2 amide bonds. The molecule has 0 aromatic rings. The van der Waals surface area contributed by atoms with Crippen molar-refractivity contribution >= 4 is 12.0 Å². The second kappa shape index (κ2) is 5.86. The van der Waals surface area contributed by atoms with Gasteiger partial charge in [0, 0.05) is 20.1 Å². The molecule has 0 aliphatic heterocycles. The molecule has 0 aromatic carbocycles. The Morgan fingerprint density at radius 2 is 2.06 bits per heavy atom. The summed E-state index contributed by atoms with van der Waals surface area (Å²) in [7, 11) is 3.58. The lowest BCUT2D eigenvalue weighted by atomic mass is 10.1. The fourth-order valence-corrected chi connectivity index (χ4v) is 1.59. The molecule has 0 aromatic heterocycles. The number of carbonyl (C=O) groups is 2. The van der Waals surface area contributed by atoms with Crippen molar-refractivity contribution in [3.8, 4) is 0 Å². The summed E-state index contributed by atoms with van der Waals surface area (Å²) in [5, 5.41) is 14.6. The number of rotatable bonds is 7. The van der Waals surface area contributed by atoms with Gasteiger partial charge in [0.2, 0.25) is 0 Å². The summed E-state index contributed by atoms with van der Waals surface area (Å²) in [6, 6.07) is -0.200. The Morgan fingerprint density at radius 3 is 2.53 bits per heavy atom. The molecule has 1 saturated carbocycles. The standard InChI is InChI=1S/C11H21N3O3/c1-12-6-3-7-14(2)10(17)13-8-11(4-5-11)9(15)16/h12H,3-8H2,1-2H3,(H,13,17)(H,15,16). The van der Waals surface area contributed by atoms with E-state index in [1.165, 1.54) is 0 Å². The summed E-state index contributed by atoms with van der Waals surface area (Å²) in [5.74, 6) is -0.810. The maximum atomic E-state index is 11.6. The van der Waals surface area contributed by atoms with Crippen molar-refractivity contribution in [3.63, 3.8) is 0 Å². The third-order valence-electron chi connectivity index (χ3n) is 3.15. The van der Waals surface area contributed by atoms with Gasteiger partial charge in [0.05, 0.1) is 5.41 Å². The zero-order chi connectivity index (χ0) is 12.9. The monoisotopic (exact) mass is 243 g/mol. The molecule has 1 rings (SSSR count). The van der Waals surface area contributed by atoms with Crippen molar-refractivity contribution in [2.45, 2.75) is 19.3 Å². The number of nitrogens with zero attached hydrogens (tertiary/aromatic N) is 1. The molecule has 0 spiro atoms. The summed E-state index contributed by atoms with van der Waals surface area (Å²) < 4.78 is 0. The van der Waals surface area contributed by atoms with E-state index in [9.17, 15) is 9.59 Å². The van der Waals surface area contributed by atoms with E-state index >= 15 is 0 Å². The zero-order valence-electron chi connectivity index (χ0n) is 10.5. The molecule has 0 radical (unpaired) electrons. The van der Waals surface area contributed by atoms with Crippen LogP contribution in [0.25, 0.3) is 0 Å². The Labute approximate surface area is 101 Å². The van der Waals surface area contributed by atoms with E-state index in [1.807, 2.05) is 7.05 Å². The Morgan fingerprint density at radius 1 is 1.41 bits per heavy atom. The van der Waals surface area contributed by atoms with Gasteiger partial charge in [-0.1, -0.05) is 0 Å². The molecule has 6 nitrogen and oxygen atoms in total. The number of nitrogens with one attached hydrogen (secondary N) is 2. The maximum absolute atomic E-state index is 11.6. The highest BCUT2D eigenvalue weighted by molar-refractivity contribution is 5.80. The Balaban J connectivity index is 2.22. The van der Waals surface area contributed by atoms with Gasteiger partial charge >= 0.3 is 12.0 Å². The summed E-state index contributed by atoms with van der Waals surface area (Å²) >= 11 is 0. The van der Waals surface area contributed by atoms with Crippen LogP contribution in [0.4, 0.5) is 4.79 Å². The van der Waals surface area contributed by atoms with Crippen molar-refractivity contribution < 1.29 is 14.7 Å². The van der Waals surface area contributed by atoms with Crippen LogP contribution in [0.1, 0.15) is 19.3 Å². The molecule has 0 heterocycles. The molecule has 3 N–H and O–H groups in total. The lowest BCUT2D eigenvalue weighted by molar-refractivity contribution is -0.143. The largest absolute Gasteiger partial charge is 0.481 e. The van der Waals surface area contributed by atoms with E-state index in [-0.39, 0.29) is 12.6 Å². The Bertz CT molecular complexity index is 290. The van der Waals surface area contributed by atoms with Crippen LogP contribution < -0.4 is 10.6 Å². The average molecular weight is 243 g/mol. The van der Waals surface area contributed by atoms with Gasteiger partial charge in [-0.05, 0) is 32.9 Å². The van der Waals surface area contributed by atoms with Gasteiger partial charge in [0.25, 0.3) is 0 Å². The molecule has 1 aliphatic carbocycles. The number of carbonyl (C=O) groups excluding carboxylic acids is 1. The fraction of sp³-hybridized carbons (Fsp3) is 0.818. The van der Waals surface area contributed by atoms with Gasteiger partial charge in [-0.2, -0.15) is 0 Å². The highest BCUT2D eigenvalue weighted by atomic mass is 16.4. The smallest absolute Gasteiger partial charge is 0.317 e. The molecule has 0 bridgehead atoms. The van der Waals surface area contributed by atoms with Crippen LogP contribution in [0.2, 0.25) is 0 Å². The normalized spacial score (nSPS) is 16.4. The first kappa shape index (κ1) is 13.8. The van der Waals surface area contributed by atoms with Crippen molar-refractivity contribution in [1.82, 2.24) is 15.5 Å². The Hall–Kier alpha value is -1.30. The zero-order valence-corrected chi connectivity index (χ0v) is 10.5. The third-order valence-corrected chi connectivity index (χ3v) is 3.15. The fourth-order valence-electron chi connectivity index (χ4n) is 1.59. The minimum atomic E-state index is -0.810. The minimum Gasteiger partial charge on any atom is -0.481 e. The number of hydrogen-bond donors (Lipinski definition) is 3. The quantitative estimate of drug-likeness (QED) is 0.554. The number of hydrogen-bond acceptors (Lipinski definition) is 3. The Kier molecular flexibility index (Phi) is 4.74. The molecular weight excluding hydrogens is 222 g/mol. The SMILES string of the molecule is CNCCCN(C)C(=O)NCC1(C(=O)O)CC1. The number of aliphatic carboxylic acids is 1. The van der Waals surface area contributed by atoms with E-state index in [2.05, 4.69) is 10.6 Å². The molecule has 0 saturated heterocycles. The van der Waals surface area contributed by atoms with Crippen molar-refractivity contribution in [2.75, 3.05) is 33.7 Å². The summed E-state index contributed by atoms with van der Waals surface area (Å²) in [4.78, 5) is 24.1. The topological polar surface area (TPSA) is 81.7 Å². The van der Waals surface area contributed by atoms with Gasteiger partial charge < -0.3 is 20.6 Å². The molecule has 1 fully saturated rings. The van der Waals surface area contributed by atoms with Gasteiger partial charge in [0.15, 0.2) is 0 Å². The summed E-state index contributed by atoms with van der Waals surface area (Å²) in [6.45, 7) is 1.75. The second-order valence-corrected chi connectivity index (χ2v) is 4.62. The van der Waals surface area contributed by atoms with Crippen LogP contribution in [0.5, 0.6) is 0 Å². The highest BCUT2D eigenvalue weighted by Crippen LogP contribution is 2.45. The molecule has 98 valence electrons. The van der Waals surface area contributed by atoms with Gasteiger partial charge in [-0.15, -0.1) is 0 Å². The van der Waals surface area contributed by atoms with Crippen LogP contribution in [-0.2, 0) is 4.79 Å². The maximum Gasteiger partial charge on any atom is 0.317 e. The van der Waals surface area contributed by atoms with E-state index in [1.54, 1.807) is 11.9 Å². The van der Waals surface area contributed by atoms with E-state index in [4.69, 9.17) is 5.11 Å².